The second-order valence-electron chi connectivity index (χ2n) is 5.77. The number of carbonyl (C=O) groups is 1. The molecule has 1 N–H and O–H groups in total. The summed E-state index contributed by atoms with van der Waals surface area (Å²) in [4.78, 5) is 14.5. The number of hydrogen-bond donors (Lipinski definition) is 1. The Morgan fingerprint density at radius 3 is 2.88 bits per heavy atom. The number of sulfone groups is 1. The third-order valence-electron chi connectivity index (χ3n) is 3.98. The predicted octanol–water partition coefficient (Wildman–Crippen LogP) is 2.18. The van der Waals surface area contributed by atoms with E-state index in [2.05, 4.69) is 0 Å². The van der Waals surface area contributed by atoms with E-state index in [1.165, 1.54) is 11.0 Å². The summed E-state index contributed by atoms with van der Waals surface area (Å²) in [5.74, 6) is 0.142. The van der Waals surface area contributed by atoms with Gasteiger partial charge in [-0.05, 0) is 37.1 Å². The summed E-state index contributed by atoms with van der Waals surface area (Å²) in [7, 11) is -3.10. The number of ether oxygens (including phenoxy) is 1. The number of thioether (sulfide) groups is 1. The van der Waals surface area contributed by atoms with Gasteiger partial charge in [-0.1, -0.05) is 30.0 Å². The normalized spacial score (nSPS) is 24.3. The summed E-state index contributed by atoms with van der Waals surface area (Å²) in [6.45, 7) is 2.22. The SMILES string of the molecule is CCOc1cc(/C=C2\SC(=S)N([C@H]3CCS(=O)(=O)C3)C2=O)ccc1O. The lowest BCUT2D eigenvalue weighted by Gasteiger charge is -2.20. The Labute approximate surface area is 155 Å². The lowest BCUT2D eigenvalue weighted by Crippen LogP contribution is -2.39. The Kier molecular flexibility index (Phi) is 5.08. The minimum absolute atomic E-state index is 0.0303. The molecule has 25 heavy (non-hydrogen) atoms. The van der Waals surface area contributed by atoms with Crippen LogP contribution < -0.4 is 4.74 Å². The molecule has 6 nitrogen and oxygen atoms in total. The molecule has 0 aliphatic carbocycles. The van der Waals surface area contributed by atoms with Crippen molar-refractivity contribution in [3.05, 3.63) is 28.7 Å². The van der Waals surface area contributed by atoms with Crippen molar-refractivity contribution >= 4 is 50.1 Å². The summed E-state index contributed by atoms with van der Waals surface area (Å²) in [6.07, 6.45) is 2.08. The first-order chi connectivity index (χ1) is 11.8. The third kappa shape index (κ3) is 3.83. The van der Waals surface area contributed by atoms with Crippen molar-refractivity contribution in [3.63, 3.8) is 0 Å². The summed E-state index contributed by atoms with van der Waals surface area (Å²) in [6, 6.07) is 4.43. The van der Waals surface area contributed by atoms with Gasteiger partial charge in [0.25, 0.3) is 5.91 Å². The summed E-state index contributed by atoms with van der Waals surface area (Å²) >= 11 is 6.44. The average molecular weight is 400 g/mol. The number of phenolic OH excluding ortho intramolecular Hbond substituents is 1. The second kappa shape index (κ2) is 6.97. The predicted molar refractivity (Wildman–Crippen MR) is 101 cm³/mol. The fraction of sp³-hybridized carbons (Fsp3) is 0.375. The van der Waals surface area contributed by atoms with Crippen molar-refractivity contribution in [1.82, 2.24) is 4.90 Å². The molecule has 2 saturated heterocycles. The van der Waals surface area contributed by atoms with Crippen LogP contribution in [0.15, 0.2) is 23.1 Å². The highest BCUT2D eigenvalue weighted by molar-refractivity contribution is 8.26. The molecule has 1 atom stereocenters. The van der Waals surface area contributed by atoms with Crippen molar-refractivity contribution in [3.8, 4) is 11.5 Å². The molecule has 0 bridgehead atoms. The van der Waals surface area contributed by atoms with E-state index >= 15 is 0 Å². The highest BCUT2D eigenvalue weighted by Crippen LogP contribution is 2.37. The molecule has 134 valence electrons. The second-order valence-corrected chi connectivity index (χ2v) is 9.67. The minimum Gasteiger partial charge on any atom is -0.504 e. The van der Waals surface area contributed by atoms with E-state index in [0.29, 0.717) is 33.6 Å². The first kappa shape index (κ1) is 18.2. The molecule has 1 amide bonds. The topological polar surface area (TPSA) is 83.9 Å². The zero-order valence-corrected chi connectivity index (χ0v) is 15.9. The Hall–Kier alpha value is -1.58. The Balaban J connectivity index is 1.84. The molecule has 2 aliphatic rings. The standard InChI is InChI=1S/C16H17NO5S3/c1-2-22-13-7-10(3-4-12(13)18)8-14-15(19)17(16(23)24-14)11-5-6-25(20,21)9-11/h3-4,7-8,11,18H,2,5-6,9H2,1H3/b14-8-/t11-/m0/s1. The largest absolute Gasteiger partial charge is 0.504 e. The fourth-order valence-corrected chi connectivity index (χ4v) is 5.92. The molecule has 0 spiro atoms. The number of thiocarbonyl (C=S) groups is 1. The van der Waals surface area contributed by atoms with Gasteiger partial charge in [-0.2, -0.15) is 0 Å². The molecule has 1 aromatic rings. The van der Waals surface area contributed by atoms with Crippen LogP contribution in [-0.2, 0) is 14.6 Å². The van der Waals surface area contributed by atoms with Crippen LogP contribution in [0.2, 0.25) is 0 Å². The minimum atomic E-state index is -3.10. The van der Waals surface area contributed by atoms with Crippen LogP contribution in [0.3, 0.4) is 0 Å². The van der Waals surface area contributed by atoms with Gasteiger partial charge in [-0.3, -0.25) is 9.69 Å². The summed E-state index contributed by atoms with van der Waals surface area (Å²) in [5, 5.41) is 9.75. The quantitative estimate of drug-likeness (QED) is 0.614. The third-order valence-corrected chi connectivity index (χ3v) is 7.06. The monoisotopic (exact) mass is 399 g/mol. The molecule has 0 aromatic heterocycles. The number of benzene rings is 1. The molecule has 0 saturated carbocycles. The Morgan fingerprint density at radius 2 is 2.24 bits per heavy atom. The number of rotatable bonds is 4. The van der Waals surface area contributed by atoms with Crippen LogP contribution in [0.5, 0.6) is 11.5 Å². The van der Waals surface area contributed by atoms with E-state index in [-0.39, 0.29) is 29.2 Å². The van der Waals surface area contributed by atoms with Crippen LogP contribution >= 0.6 is 24.0 Å². The first-order valence-electron chi connectivity index (χ1n) is 7.74. The van der Waals surface area contributed by atoms with E-state index in [0.717, 1.165) is 11.8 Å². The molecule has 3 rings (SSSR count). The smallest absolute Gasteiger partial charge is 0.266 e. The number of phenols is 1. The maximum atomic E-state index is 12.7. The first-order valence-corrected chi connectivity index (χ1v) is 10.8. The van der Waals surface area contributed by atoms with E-state index in [1.54, 1.807) is 18.2 Å². The number of aromatic hydroxyl groups is 1. The fourth-order valence-electron chi connectivity index (χ4n) is 2.82. The van der Waals surface area contributed by atoms with Gasteiger partial charge in [0, 0.05) is 0 Å². The number of nitrogens with zero attached hydrogens (tertiary/aromatic N) is 1. The van der Waals surface area contributed by atoms with Gasteiger partial charge in [0.15, 0.2) is 21.3 Å². The zero-order valence-electron chi connectivity index (χ0n) is 13.5. The van der Waals surface area contributed by atoms with Crippen LogP contribution in [0, 0.1) is 0 Å². The van der Waals surface area contributed by atoms with Crippen molar-refractivity contribution in [1.29, 1.82) is 0 Å². The lowest BCUT2D eigenvalue weighted by molar-refractivity contribution is -0.123. The van der Waals surface area contributed by atoms with E-state index in [9.17, 15) is 18.3 Å². The van der Waals surface area contributed by atoms with Crippen LogP contribution in [-0.4, -0.2) is 52.8 Å². The van der Waals surface area contributed by atoms with Crippen molar-refractivity contribution in [2.75, 3.05) is 18.1 Å². The van der Waals surface area contributed by atoms with Gasteiger partial charge >= 0.3 is 0 Å². The molecule has 2 fully saturated rings. The van der Waals surface area contributed by atoms with Crippen molar-refractivity contribution < 1.29 is 23.1 Å². The van der Waals surface area contributed by atoms with E-state index in [4.69, 9.17) is 17.0 Å². The molecule has 2 aliphatic heterocycles. The Bertz CT molecular complexity index is 863. The van der Waals surface area contributed by atoms with Crippen LogP contribution in [0.4, 0.5) is 0 Å². The van der Waals surface area contributed by atoms with Gasteiger partial charge < -0.3 is 9.84 Å². The van der Waals surface area contributed by atoms with Gasteiger partial charge in [-0.25, -0.2) is 8.42 Å². The highest BCUT2D eigenvalue weighted by Gasteiger charge is 2.42. The Morgan fingerprint density at radius 1 is 1.48 bits per heavy atom. The van der Waals surface area contributed by atoms with Gasteiger partial charge in [0.05, 0.1) is 29.1 Å². The molecular weight excluding hydrogens is 382 g/mol. The summed E-state index contributed by atoms with van der Waals surface area (Å²) < 4.78 is 29.1. The van der Waals surface area contributed by atoms with Gasteiger partial charge in [0.2, 0.25) is 0 Å². The molecule has 2 heterocycles. The maximum absolute atomic E-state index is 12.7. The zero-order chi connectivity index (χ0) is 18.2. The summed E-state index contributed by atoms with van der Waals surface area (Å²) in [5.41, 5.74) is 0.695. The van der Waals surface area contributed by atoms with E-state index in [1.807, 2.05) is 6.92 Å². The average Bonchev–Trinajstić information content (AvgIpc) is 3.02. The highest BCUT2D eigenvalue weighted by atomic mass is 32.2. The van der Waals surface area contributed by atoms with Gasteiger partial charge in [-0.15, -0.1) is 0 Å². The lowest BCUT2D eigenvalue weighted by atomic mass is 10.1. The molecule has 9 heteroatoms. The number of hydrogen-bond acceptors (Lipinski definition) is 7. The van der Waals surface area contributed by atoms with Crippen LogP contribution in [0.1, 0.15) is 18.9 Å². The molecular formula is C16H17NO5S3. The number of carbonyl (C=O) groups excluding carboxylic acids is 1. The molecule has 1 aromatic carbocycles. The van der Waals surface area contributed by atoms with Crippen LogP contribution in [0.25, 0.3) is 6.08 Å². The number of amides is 1. The maximum Gasteiger partial charge on any atom is 0.266 e. The van der Waals surface area contributed by atoms with Gasteiger partial charge in [0.1, 0.15) is 4.32 Å². The molecule has 0 unspecified atom stereocenters. The van der Waals surface area contributed by atoms with Crippen molar-refractivity contribution in [2.45, 2.75) is 19.4 Å². The molecule has 0 radical (unpaired) electrons. The van der Waals surface area contributed by atoms with E-state index < -0.39 is 9.84 Å². The van der Waals surface area contributed by atoms with Crippen molar-refractivity contribution in [2.24, 2.45) is 0 Å².